The minimum Gasteiger partial charge on any atom is -0.315 e. The Kier molecular flexibility index (Phi) is 6.40. The Morgan fingerprint density at radius 2 is 1.81 bits per heavy atom. The van der Waals surface area contributed by atoms with Crippen LogP contribution in [-0.2, 0) is 4.79 Å². The highest BCUT2D eigenvalue weighted by Crippen LogP contribution is 2.27. The summed E-state index contributed by atoms with van der Waals surface area (Å²) in [6, 6.07) is 16.4. The molecule has 0 aliphatic carbocycles. The van der Waals surface area contributed by atoms with E-state index in [-0.39, 0.29) is 18.5 Å². The predicted octanol–water partition coefficient (Wildman–Crippen LogP) is 5.12. The van der Waals surface area contributed by atoms with Crippen LogP contribution in [0.1, 0.15) is 47.4 Å². The van der Waals surface area contributed by atoms with Gasteiger partial charge in [0.05, 0.1) is 18.2 Å². The largest absolute Gasteiger partial charge is 0.315 e. The van der Waals surface area contributed by atoms with Crippen LogP contribution in [0.15, 0.2) is 53.2 Å². The first kappa shape index (κ1) is 19.3. The Morgan fingerprint density at radius 3 is 2.44 bits per heavy atom. The van der Waals surface area contributed by atoms with Crippen molar-refractivity contribution in [1.82, 2.24) is 5.32 Å². The SMILES string of the molecule is CC(C)c1ccc([C@H](NCC(=O)Nc2sccc2C#N)c2cccs2)cc1. The van der Waals surface area contributed by atoms with Crippen molar-refractivity contribution in [2.75, 3.05) is 11.9 Å². The predicted molar refractivity (Wildman–Crippen MR) is 112 cm³/mol. The van der Waals surface area contributed by atoms with Crippen LogP contribution in [-0.4, -0.2) is 12.5 Å². The van der Waals surface area contributed by atoms with Crippen molar-refractivity contribution in [2.24, 2.45) is 0 Å². The number of benzene rings is 1. The van der Waals surface area contributed by atoms with Gasteiger partial charge in [0.2, 0.25) is 5.91 Å². The van der Waals surface area contributed by atoms with Crippen molar-refractivity contribution in [3.8, 4) is 6.07 Å². The number of rotatable bonds is 7. The van der Waals surface area contributed by atoms with Crippen LogP contribution in [0.3, 0.4) is 0 Å². The Balaban J connectivity index is 1.71. The number of nitrogens with zero attached hydrogens (tertiary/aromatic N) is 1. The summed E-state index contributed by atoms with van der Waals surface area (Å²) in [6.45, 7) is 4.51. The maximum atomic E-state index is 12.4. The molecular formula is C21H21N3OS2. The quantitative estimate of drug-likeness (QED) is 0.583. The van der Waals surface area contributed by atoms with E-state index >= 15 is 0 Å². The van der Waals surface area contributed by atoms with Gasteiger partial charge in [-0.1, -0.05) is 44.2 Å². The van der Waals surface area contributed by atoms with Gasteiger partial charge in [-0.2, -0.15) is 5.26 Å². The van der Waals surface area contributed by atoms with Gasteiger partial charge in [-0.05, 0) is 39.9 Å². The van der Waals surface area contributed by atoms with Gasteiger partial charge < -0.3 is 5.32 Å². The van der Waals surface area contributed by atoms with Crippen LogP contribution in [0.25, 0.3) is 0 Å². The molecule has 2 heterocycles. The van der Waals surface area contributed by atoms with E-state index < -0.39 is 0 Å². The van der Waals surface area contributed by atoms with E-state index in [1.807, 2.05) is 11.4 Å². The van der Waals surface area contributed by atoms with Crippen molar-refractivity contribution >= 4 is 33.6 Å². The molecule has 0 fully saturated rings. The molecule has 0 saturated heterocycles. The normalized spacial score (nSPS) is 11.9. The molecule has 0 radical (unpaired) electrons. The Hall–Kier alpha value is -2.46. The summed E-state index contributed by atoms with van der Waals surface area (Å²) in [6.07, 6.45) is 0. The molecule has 0 spiro atoms. The van der Waals surface area contributed by atoms with E-state index in [0.29, 0.717) is 16.5 Å². The summed E-state index contributed by atoms with van der Waals surface area (Å²) in [5.41, 5.74) is 2.92. The fraction of sp³-hybridized carbons (Fsp3) is 0.238. The van der Waals surface area contributed by atoms with E-state index in [2.05, 4.69) is 60.9 Å². The van der Waals surface area contributed by atoms with Crippen LogP contribution >= 0.6 is 22.7 Å². The average Bonchev–Trinajstić information content (AvgIpc) is 3.34. The lowest BCUT2D eigenvalue weighted by Gasteiger charge is -2.19. The summed E-state index contributed by atoms with van der Waals surface area (Å²) < 4.78 is 0. The molecule has 1 aromatic carbocycles. The maximum Gasteiger partial charge on any atom is 0.238 e. The van der Waals surface area contributed by atoms with Crippen LogP contribution in [0.4, 0.5) is 5.00 Å². The molecule has 0 aliphatic rings. The van der Waals surface area contributed by atoms with E-state index in [0.717, 1.165) is 10.4 Å². The molecule has 1 amide bonds. The highest BCUT2D eigenvalue weighted by molar-refractivity contribution is 7.14. The number of anilines is 1. The van der Waals surface area contributed by atoms with Crippen molar-refractivity contribution in [1.29, 1.82) is 5.26 Å². The molecule has 6 heteroatoms. The third kappa shape index (κ3) is 4.83. The Morgan fingerprint density at radius 1 is 1.07 bits per heavy atom. The summed E-state index contributed by atoms with van der Waals surface area (Å²) in [5, 5.41) is 19.7. The smallest absolute Gasteiger partial charge is 0.238 e. The van der Waals surface area contributed by atoms with Gasteiger partial charge in [-0.3, -0.25) is 10.1 Å². The number of carbonyl (C=O) groups is 1. The summed E-state index contributed by atoms with van der Waals surface area (Å²) in [5.74, 6) is 0.326. The zero-order chi connectivity index (χ0) is 19.2. The van der Waals surface area contributed by atoms with Crippen molar-refractivity contribution < 1.29 is 4.79 Å². The molecule has 3 rings (SSSR count). The monoisotopic (exact) mass is 395 g/mol. The standard InChI is InChI=1S/C21H21N3OS2/c1-14(2)15-5-7-16(8-6-15)20(18-4-3-10-26-18)23-13-19(25)24-21-17(12-22)9-11-27-21/h3-11,14,20,23H,13H2,1-2H3,(H,24,25)/t20-/m0/s1. The van der Waals surface area contributed by atoms with Gasteiger partial charge in [0.1, 0.15) is 11.1 Å². The number of nitrogens with one attached hydrogen (secondary N) is 2. The molecule has 138 valence electrons. The first-order valence-electron chi connectivity index (χ1n) is 8.72. The van der Waals surface area contributed by atoms with Crippen molar-refractivity contribution in [3.63, 3.8) is 0 Å². The third-order valence-corrected chi connectivity index (χ3v) is 6.04. The first-order chi connectivity index (χ1) is 13.1. The van der Waals surface area contributed by atoms with Crippen LogP contribution < -0.4 is 10.6 Å². The number of nitriles is 1. The molecule has 1 atom stereocenters. The molecule has 2 N–H and O–H groups in total. The maximum absolute atomic E-state index is 12.4. The molecule has 0 unspecified atom stereocenters. The second-order valence-corrected chi connectivity index (χ2v) is 8.37. The zero-order valence-corrected chi connectivity index (χ0v) is 16.9. The van der Waals surface area contributed by atoms with E-state index in [1.54, 1.807) is 22.8 Å². The highest BCUT2D eigenvalue weighted by atomic mass is 32.1. The highest BCUT2D eigenvalue weighted by Gasteiger charge is 2.17. The van der Waals surface area contributed by atoms with Crippen molar-refractivity contribution in [2.45, 2.75) is 25.8 Å². The summed E-state index contributed by atoms with van der Waals surface area (Å²) >= 11 is 3.02. The number of amides is 1. The number of hydrogen-bond donors (Lipinski definition) is 2. The molecule has 0 bridgehead atoms. The second kappa shape index (κ2) is 8.96. The lowest BCUT2D eigenvalue weighted by atomic mass is 9.98. The Bertz CT molecular complexity index is 921. The van der Waals surface area contributed by atoms with E-state index in [1.165, 1.54) is 16.9 Å². The fourth-order valence-corrected chi connectivity index (χ4v) is 4.35. The number of hydrogen-bond acceptors (Lipinski definition) is 5. The number of carbonyl (C=O) groups excluding carboxylic acids is 1. The van der Waals surface area contributed by atoms with Gasteiger partial charge in [-0.15, -0.1) is 22.7 Å². The molecule has 0 saturated carbocycles. The minimum absolute atomic E-state index is 0.0456. The fourth-order valence-electron chi connectivity index (χ4n) is 2.77. The first-order valence-corrected chi connectivity index (χ1v) is 10.5. The molecule has 4 nitrogen and oxygen atoms in total. The third-order valence-electron chi connectivity index (χ3n) is 4.27. The van der Waals surface area contributed by atoms with Gasteiger partial charge in [0, 0.05) is 4.88 Å². The van der Waals surface area contributed by atoms with E-state index in [4.69, 9.17) is 5.26 Å². The average molecular weight is 396 g/mol. The lowest BCUT2D eigenvalue weighted by molar-refractivity contribution is -0.115. The molecular weight excluding hydrogens is 374 g/mol. The van der Waals surface area contributed by atoms with Crippen LogP contribution in [0.5, 0.6) is 0 Å². The molecule has 2 aromatic heterocycles. The number of thiophene rings is 2. The van der Waals surface area contributed by atoms with Gasteiger partial charge in [0.15, 0.2) is 0 Å². The van der Waals surface area contributed by atoms with E-state index in [9.17, 15) is 4.79 Å². The van der Waals surface area contributed by atoms with Crippen LogP contribution in [0.2, 0.25) is 0 Å². The molecule has 27 heavy (non-hydrogen) atoms. The van der Waals surface area contributed by atoms with Gasteiger partial charge in [0.25, 0.3) is 0 Å². The zero-order valence-electron chi connectivity index (χ0n) is 15.2. The topological polar surface area (TPSA) is 64.9 Å². The van der Waals surface area contributed by atoms with Crippen LogP contribution in [0, 0.1) is 11.3 Å². The Labute approximate surface area is 167 Å². The second-order valence-electron chi connectivity index (χ2n) is 6.47. The summed E-state index contributed by atoms with van der Waals surface area (Å²) in [7, 11) is 0. The summed E-state index contributed by atoms with van der Waals surface area (Å²) in [4.78, 5) is 13.5. The lowest BCUT2D eigenvalue weighted by Crippen LogP contribution is -2.31. The minimum atomic E-state index is -0.158. The molecule has 0 aliphatic heterocycles. The van der Waals surface area contributed by atoms with Crippen molar-refractivity contribution in [3.05, 3.63) is 74.8 Å². The molecule has 3 aromatic rings. The van der Waals surface area contributed by atoms with Gasteiger partial charge >= 0.3 is 0 Å². The van der Waals surface area contributed by atoms with Gasteiger partial charge in [-0.25, -0.2) is 0 Å².